The van der Waals surface area contributed by atoms with Crippen LogP contribution < -0.4 is 5.43 Å². The molecule has 24 heavy (non-hydrogen) atoms. The summed E-state index contributed by atoms with van der Waals surface area (Å²) in [5, 5.41) is 1.15. The molecule has 6 heteroatoms. The van der Waals surface area contributed by atoms with Gasteiger partial charge in [-0.1, -0.05) is 11.6 Å². The fourth-order valence-corrected chi connectivity index (χ4v) is 4.09. The lowest BCUT2D eigenvalue weighted by Gasteiger charge is -2.41. The van der Waals surface area contributed by atoms with Gasteiger partial charge in [0.25, 0.3) is 0 Å². The monoisotopic (exact) mass is 345 g/mol. The first-order chi connectivity index (χ1) is 11.5. The molecule has 2 atom stereocenters. The Morgan fingerprint density at radius 2 is 2.12 bits per heavy atom. The number of halogens is 1. The van der Waals surface area contributed by atoms with Crippen LogP contribution in [0.1, 0.15) is 25.5 Å². The summed E-state index contributed by atoms with van der Waals surface area (Å²) in [7, 11) is 0. The van der Waals surface area contributed by atoms with E-state index in [0.717, 1.165) is 37.1 Å². The van der Waals surface area contributed by atoms with Crippen molar-refractivity contribution in [2.75, 3.05) is 13.1 Å². The summed E-state index contributed by atoms with van der Waals surface area (Å²) >= 11 is 5.97. The molecule has 2 aliphatic rings. The molecule has 2 aliphatic heterocycles. The van der Waals surface area contributed by atoms with Gasteiger partial charge in [0.05, 0.1) is 6.04 Å². The van der Waals surface area contributed by atoms with Crippen molar-refractivity contribution in [3.05, 3.63) is 45.2 Å². The van der Waals surface area contributed by atoms with Gasteiger partial charge in [0, 0.05) is 53.4 Å². The smallest absolute Gasteiger partial charge is 0.239 e. The maximum absolute atomic E-state index is 12.5. The Balaban J connectivity index is 1.63. The molecule has 0 saturated carbocycles. The summed E-state index contributed by atoms with van der Waals surface area (Å²) in [6.07, 6.45) is 2.16. The van der Waals surface area contributed by atoms with Crippen molar-refractivity contribution in [3.63, 3.8) is 0 Å². The molecule has 0 radical (unpaired) electrons. The van der Waals surface area contributed by atoms with Gasteiger partial charge in [-0.25, -0.2) is 0 Å². The highest BCUT2D eigenvalue weighted by molar-refractivity contribution is 6.31. The van der Waals surface area contributed by atoms with Gasteiger partial charge < -0.3 is 9.88 Å². The highest BCUT2D eigenvalue weighted by atomic mass is 35.5. The SMILES string of the molecule is C[C@H]1C(=O)N2CCC[C@@H]2CN1Cc1cc(=O)c2cc(Cl)ccc2[nH]1. The minimum absolute atomic E-state index is 0.0419. The standard InChI is InChI=1S/C18H20ClN3O2/c1-11-18(24)22-6-2-3-14(22)10-21(11)9-13-8-17(23)15-7-12(19)4-5-16(15)20-13/h4-5,7-8,11,14H,2-3,6,9-10H2,1H3,(H,20,23)/t11-,14+/m0/s1. The second-order valence-electron chi connectivity index (χ2n) is 6.78. The van der Waals surface area contributed by atoms with E-state index in [9.17, 15) is 9.59 Å². The Morgan fingerprint density at radius 1 is 1.29 bits per heavy atom. The summed E-state index contributed by atoms with van der Waals surface area (Å²) < 4.78 is 0. The topological polar surface area (TPSA) is 56.4 Å². The average molecular weight is 346 g/mol. The van der Waals surface area contributed by atoms with Crippen LogP contribution in [0.5, 0.6) is 0 Å². The Morgan fingerprint density at radius 3 is 2.96 bits per heavy atom. The second-order valence-corrected chi connectivity index (χ2v) is 7.22. The van der Waals surface area contributed by atoms with Crippen LogP contribution in [0.2, 0.25) is 5.02 Å². The first-order valence-electron chi connectivity index (χ1n) is 8.39. The summed E-state index contributed by atoms with van der Waals surface area (Å²) in [4.78, 5) is 32.4. The van der Waals surface area contributed by atoms with Gasteiger partial charge >= 0.3 is 0 Å². The molecule has 2 aromatic rings. The number of aromatic amines is 1. The van der Waals surface area contributed by atoms with E-state index in [1.807, 2.05) is 17.9 Å². The van der Waals surface area contributed by atoms with E-state index in [1.165, 1.54) is 0 Å². The van der Waals surface area contributed by atoms with Crippen molar-refractivity contribution >= 4 is 28.4 Å². The molecule has 2 saturated heterocycles. The van der Waals surface area contributed by atoms with Gasteiger partial charge in [-0.15, -0.1) is 0 Å². The minimum atomic E-state index is -0.149. The highest BCUT2D eigenvalue weighted by Crippen LogP contribution is 2.26. The third-order valence-electron chi connectivity index (χ3n) is 5.23. The number of hydrogen-bond acceptors (Lipinski definition) is 3. The quantitative estimate of drug-likeness (QED) is 0.909. The molecule has 1 aromatic carbocycles. The molecular formula is C18H20ClN3O2. The molecule has 1 N–H and O–H groups in total. The largest absolute Gasteiger partial charge is 0.357 e. The van der Waals surface area contributed by atoms with Crippen molar-refractivity contribution in [1.82, 2.24) is 14.8 Å². The zero-order valence-corrected chi connectivity index (χ0v) is 14.3. The van der Waals surface area contributed by atoms with Crippen molar-refractivity contribution < 1.29 is 4.79 Å². The Kier molecular flexibility index (Phi) is 3.85. The summed E-state index contributed by atoms with van der Waals surface area (Å²) in [5.41, 5.74) is 1.57. The first kappa shape index (κ1) is 15.7. The van der Waals surface area contributed by atoms with Crippen LogP contribution in [-0.4, -0.2) is 45.9 Å². The second kappa shape index (κ2) is 5.90. The highest BCUT2D eigenvalue weighted by Gasteiger charge is 2.40. The number of carbonyl (C=O) groups is 1. The maximum Gasteiger partial charge on any atom is 0.239 e. The van der Waals surface area contributed by atoms with Gasteiger partial charge in [-0.3, -0.25) is 14.5 Å². The van der Waals surface area contributed by atoms with Crippen molar-refractivity contribution in [3.8, 4) is 0 Å². The van der Waals surface area contributed by atoms with E-state index in [0.29, 0.717) is 23.0 Å². The lowest BCUT2D eigenvalue weighted by Crippen LogP contribution is -2.58. The number of piperazine rings is 1. The summed E-state index contributed by atoms with van der Waals surface area (Å²) in [5.74, 6) is 0.207. The average Bonchev–Trinajstić information content (AvgIpc) is 3.02. The molecule has 0 aliphatic carbocycles. The predicted octanol–water partition coefficient (Wildman–Crippen LogP) is 2.38. The molecule has 1 aromatic heterocycles. The normalized spacial score (nSPS) is 24.6. The van der Waals surface area contributed by atoms with E-state index in [-0.39, 0.29) is 17.4 Å². The number of amides is 1. The van der Waals surface area contributed by atoms with Crippen LogP contribution in [0.3, 0.4) is 0 Å². The number of hydrogen-bond donors (Lipinski definition) is 1. The Hall–Kier alpha value is -1.85. The third-order valence-corrected chi connectivity index (χ3v) is 5.47. The van der Waals surface area contributed by atoms with E-state index in [4.69, 9.17) is 11.6 Å². The maximum atomic E-state index is 12.5. The molecule has 5 nitrogen and oxygen atoms in total. The zero-order chi connectivity index (χ0) is 16.8. The van der Waals surface area contributed by atoms with Crippen molar-refractivity contribution in [2.24, 2.45) is 0 Å². The number of aromatic nitrogens is 1. The van der Waals surface area contributed by atoms with Gasteiger partial charge in [0.1, 0.15) is 0 Å². The number of carbonyl (C=O) groups excluding carboxylic acids is 1. The fraction of sp³-hybridized carbons (Fsp3) is 0.444. The number of rotatable bonds is 2. The zero-order valence-electron chi connectivity index (χ0n) is 13.6. The van der Waals surface area contributed by atoms with Crippen LogP contribution >= 0.6 is 11.6 Å². The lowest BCUT2D eigenvalue weighted by atomic mass is 10.1. The predicted molar refractivity (Wildman–Crippen MR) is 94.2 cm³/mol. The molecule has 0 spiro atoms. The van der Waals surface area contributed by atoms with Crippen LogP contribution in [0.15, 0.2) is 29.1 Å². The molecule has 2 fully saturated rings. The third kappa shape index (κ3) is 2.62. The van der Waals surface area contributed by atoms with Crippen LogP contribution in [0.4, 0.5) is 0 Å². The Labute approximate surface area is 145 Å². The van der Waals surface area contributed by atoms with Crippen molar-refractivity contribution in [1.29, 1.82) is 0 Å². The van der Waals surface area contributed by atoms with Gasteiger partial charge in [-0.2, -0.15) is 0 Å². The molecule has 0 unspecified atom stereocenters. The van der Waals surface area contributed by atoms with E-state index in [2.05, 4.69) is 9.88 Å². The number of H-pyrrole nitrogens is 1. The van der Waals surface area contributed by atoms with E-state index >= 15 is 0 Å². The van der Waals surface area contributed by atoms with Crippen LogP contribution in [0, 0.1) is 0 Å². The Bertz CT molecular complexity index is 863. The summed E-state index contributed by atoms with van der Waals surface area (Å²) in [6, 6.07) is 7.07. The number of benzene rings is 1. The van der Waals surface area contributed by atoms with Gasteiger partial charge in [-0.05, 0) is 38.0 Å². The molecule has 1 amide bonds. The molecule has 4 rings (SSSR count). The number of pyridine rings is 1. The first-order valence-corrected chi connectivity index (χ1v) is 8.77. The van der Waals surface area contributed by atoms with Crippen molar-refractivity contribution in [2.45, 2.75) is 38.4 Å². The molecule has 0 bridgehead atoms. The summed E-state index contributed by atoms with van der Waals surface area (Å²) in [6.45, 7) is 4.28. The van der Waals surface area contributed by atoms with E-state index < -0.39 is 0 Å². The molecule has 3 heterocycles. The van der Waals surface area contributed by atoms with E-state index in [1.54, 1.807) is 18.2 Å². The minimum Gasteiger partial charge on any atom is -0.357 e. The van der Waals surface area contributed by atoms with Crippen LogP contribution in [0.25, 0.3) is 10.9 Å². The van der Waals surface area contributed by atoms with Gasteiger partial charge in [0.2, 0.25) is 5.91 Å². The molecule has 126 valence electrons. The number of nitrogens with one attached hydrogen (secondary N) is 1. The number of nitrogens with zero attached hydrogens (tertiary/aromatic N) is 2. The van der Waals surface area contributed by atoms with Gasteiger partial charge in [0.15, 0.2) is 5.43 Å². The molecular weight excluding hydrogens is 326 g/mol. The lowest BCUT2D eigenvalue weighted by molar-refractivity contribution is -0.143. The van der Waals surface area contributed by atoms with Crippen LogP contribution in [-0.2, 0) is 11.3 Å². The number of fused-ring (bicyclic) bond motifs is 2. The fourth-order valence-electron chi connectivity index (χ4n) is 3.92.